The molecule has 3 aliphatic heterocycles. The molecule has 2 aromatic rings. The molecule has 10 nitrogen and oxygen atoms in total. The van der Waals surface area contributed by atoms with Gasteiger partial charge in [0.25, 0.3) is 5.91 Å². The van der Waals surface area contributed by atoms with Crippen LogP contribution in [0.5, 0.6) is 5.75 Å². The van der Waals surface area contributed by atoms with E-state index in [9.17, 15) is 19.6 Å². The van der Waals surface area contributed by atoms with Gasteiger partial charge >= 0.3 is 0 Å². The summed E-state index contributed by atoms with van der Waals surface area (Å²) in [7, 11) is 0. The summed E-state index contributed by atoms with van der Waals surface area (Å²) in [5.74, 6) is 2.18. The molecule has 2 bridgehead atoms. The van der Waals surface area contributed by atoms with Gasteiger partial charge in [-0.25, -0.2) is 0 Å². The molecule has 3 N–H and O–H groups in total. The van der Waals surface area contributed by atoms with Gasteiger partial charge < -0.3 is 25.6 Å². The van der Waals surface area contributed by atoms with Crippen molar-refractivity contribution in [2.45, 2.75) is 129 Å². The minimum Gasteiger partial charge on any atom is -0.489 e. The van der Waals surface area contributed by atoms with Gasteiger partial charge in [-0.05, 0) is 151 Å². The summed E-state index contributed by atoms with van der Waals surface area (Å²) in [4.78, 5) is 44.2. The first-order chi connectivity index (χ1) is 27.0. The number of amides is 3. The van der Waals surface area contributed by atoms with Crippen LogP contribution < -0.4 is 25.6 Å². The normalized spacial score (nSPS) is 30.8. The van der Waals surface area contributed by atoms with Crippen LogP contribution in [-0.2, 0) is 9.59 Å². The first-order valence-corrected chi connectivity index (χ1v) is 21.4. The average molecular weight is 775 g/mol. The van der Waals surface area contributed by atoms with Gasteiger partial charge in [-0.3, -0.25) is 19.3 Å². The van der Waals surface area contributed by atoms with Crippen molar-refractivity contribution >= 4 is 23.4 Å². The number of anilines is 1. The molecule has 0 spiro atoms. The van der Waals surface area contributed by atoms with Crippen molar-refractivity contribution in [1.82, 2.24) is 20.9 Å². The van der Waals surface area contributed by atoms with Crippen molar-refractivity contribution in [2.24, 2.45) is 28.1 Å². The topological polar surface area (TPSA) is 127 Å². The minimum atomic E-state index is -0.430. The fourth-order valence-corrected chi connectivity index (χ4v) is 12.2. The number of hydrogen-bond acceptors (Lipinski definition) is 7. The van der Waals surface area contributed by atoms with E-state index in [0.29, 0.717) is 17.5 Å². The molecule has 1 atom stereocenters. The maximum atomic E-state index is 13.6. The second-order valence-electron chi connectivity index (χ2n) is 19.9. The van der Waals surface area contributed by atoms with Gasteiger partial charge in [-0.2, -0.15) is 5.26 Å². The lowest BCUT2D eigenvalue weighted by molar-refractivity contribution is -0.223. The van der Waals surface area contributed by atoms with E-state index in [2.05, 4.69) is 78.2 Å². The monoisotopic (exact) mass is 774 g/mol. The van der Waals surface area contributed by atoms with E-state index in [-0.39, 0.29) is 51.7 Å². The number of hydrogen-bond donors (Lipinski definition) is 3. The SMILES string of the molecule is C=C1CCC(NC(=O)C23CC(N4CCC(CC5CCN(c6ccc(C(=O)NC7C(C)(C)C(Oc8cc(C)c(C#N)c(C)c8)C7(C)C)cc6)CC5)CC4)(C2)C3)C(=O)N1. The number of carbonyl (C=O) groups is 3. The van der Waals surface area contributed by atoms with Crippen LogP contribution in [0.25, 0.3) is 0 Å². The molecule has 4 saturated carbocycles. The largest absolute Gasteiger partial charge is 0.489 e. The quantitative estimate of drug-likeness (QED) is 0.239. The Balaban J connectivity index is 0.757. The van der Waals surface area contributed by atoms with E-state index in [0.717, 1.165) is 86.3 Å². The van der Waals surface area contributed by atoms with Crippen molar-refractivity contribution in [1.29, 1.82) is 5.26 Å². The van der Waals surface area contributed by atoms with E-state index >= 15 is 0 Å². The number of rotatable bonds is 10. The van der Waals surface area contributed by atoms with Crippen molar-refractivity contribution in [3.8, 4) is 11.8 Å². The smallest absolute Gasteiger partial charge is 0.251 e. The van der Waals surface area contributed by atoms with Crippen LogP contribution in [0.2, 0.25) is 0 Å². The Morgan fingerprint density at radius 1 is 0.895 bits per heavy atom. The Bertz CT molecular complexity index is 1920. The first kappa shape index (κ1) is 39.5. The molecule has 3 heterocycles. The zero-order valence-corrected chi connectivity index (χ0v) is 34.9. The van der Waals surface area contributed by atoms with E-state index in [1.54, 1.807) is 0 Å². The van der Waals surface area contributed by atoms with Gasteiger partial charge in [0.15, 0.2) is 0 Å². The molecular weight excluding hydrogens is 713 g/mol. The number of aryl methyl sites for hydroxylation is 2. The summed E-state index contributed by atoms with van der Waals surface area (Å²) in [5.41, 5.74) is 4.48. The number of nitriles is 1. The third kappa shape index (κ3) is 7.02. The highest BCUT2D eigenvalue weighted by atomic mass is 16.5. The van der Waals surface area contributed by atoms with Gasteiger partial charge in [-0.15, -0.1) is 0 Å². The van der Waals surface area contributed by atoms with Crippen LogP contribution in [0.1, 0.15) is 119 Å². The van der Waals surface area contributed by atoms with Crippen LogP contribution in [0.4, 0.5) is 5.69 Å². The van der Waals surface area contributed by atoms with Crippen molar-refractivity contribution < 1.29 is 19.1 Å². The Morgan fingerprint density at radius 3 is 2.04 bits per heavy atom. The molecule has 2 aromatic carbocycles. The van der Waals surface area contributed by atoms with Gasteiger partial charge in [0.05, 0.1) is 17.0 Å². The molecule has 304 valence electrons. The predicted molar refractivity (Wildman–Crippen MR) is 222 cm³/mol. The molecule has 3 amide bonds. The third-order valence-corrected chi connectivity index (χ3v) is 15.2. The number of carbonyl (C=O) groups excluding carboxylic acids is 3. The first-order valence-electron chi connectivity index (χ1n) is 21.4. The maximum absolute atomic E-state index is 13.6. The lowest BCUT2D eigenvalue weighted by atomic mass is 9.38. The number of ether oxygens (including phenoxy) is 1. The number of allylic oxidation sites excluding steroid dienone is 1. The zero-order chi connectivity index (χ0) is 40.5. The third-order valence-electron chi connectivity index (χ3n) is 15.2. The highest BCUT2D eigenvalue weighted by Gasteiger charge is 2.73. The fraction of sp³-hybridized carbons (Fsp3) is 0.617. The molecule has 0 aromatic heterocycles. The summed E-state index contributed by atoms with van der Waals surface area (Å²) < 4.78 is 6.56. The van der Waals surface area contributed by atoms with Crippen LogP contribution >= 0.6 is 0 Å². The summed E-state index contributed by atoms with van der Waals surface area (Å²) in [6.07, 6.45) is 10.3. The van der Waals surface area contributed by atoms with E-state index in [1.807, 2.05) is 38.1 Å². The maximum Gasteiger partial charge on any atom is 0.251 e. The number of nitrogens with one attached hydrogen (secondary N) is 3. The number of nitrogens with zero attached hydrogens (tertiary/aromatic N) is 3. The Hall–Kier alpha value is -4.36. The van der Waals surface area contributed by atoms with Gasteiger partial charge in [0.1, 0.15) is 17.9 Å². The lowest BCUT2D eigenvalue weighted by Crippen LogP contribution is -2.79. The number of likely N-dealkylation sites (tertiary alicyclic amines) is 1. The Kier molecular flexibility index (Phi) is 10.0. The summed E-state index contributed by atoms with van der Waals surface area (Å²) in [6, 6.07) is 13.8. The molecule has 7 fully saturated rings. The summed E-state index contributed by atoms with van der Waals surface area (Å²) in [5, 5.41) is 18.7. The second-order valence-corrected chi connectivity index (χ2v) is 19.9. The van der Waals surface area contributed by atoms with Crippen molar-refractivity contribution in [3.63, 3.8) is 0 Å². The van der Waals surface area contributed by atoms with Crippen molar-refractivity contribution in [3.05, 3.63) is 70.9 Å². The molecule has 1 unspecified atom stereocenters. The Morgan fingerprint density at radius 2 is 1.47 bits per heavy atom. The molecule has 7 aliphatic rings. The van der Waals surface area contributed by atoms with E-state index in [1.165, 1.54) is 37.8 Å². The molecule has 10 heteroatoms. The van der Waals surface area contributed by atoms with Crippen LogP contribution in [0.15, 0.2) is 48.7 Å². The Labute approximate surface area is 339 Å². The summed E-state index contributed by atoms with van der Waals surface area (Å²) in [6.45, 7) is 20.7. The van der Waals surface area contributed by atoms with Crippen LogP contribution in [0.3, 0.4) is 0 Å². The molecule has 0 radical (unpaired) electrons. The zero-order valence-electron chi connectivity index (χ0n) is 34.9. The molecule has 3 saturated heterocycles. The lowest BCUT2D eigenvalue weighted by Gasteiger charge is -2.73. The molecular formula is C47H62N6O4. The highest BCUT2D eigenvalue weighted by molar-refractivity contribution is 5.95. The van der Waals surface area contributed by atoms with E-state index in [4.69, 9.17) is 4.74 Å². The van der Waals surface area contributed by atoms with Crippen LogP contribution in [0, 0.1) is 53.3 Å². The number of piperidine rings is 3. The van der Waals surface area contributed by atoms with E-state index < -0.39 is 6.04 Å². The van der Waals surface area contributed by atoms with Gasteiger partial charge in [-0.1, -0.05) is 34.3 Å². The highest BCUT2D eigenvalue weighted by Crippen LogP contribution is 2.70. The van der Waals surface area contributed by atoms with Crippen LogP contribution in [-0.4, -0.2) is 72.5 Å². The van der Waals surface area contributed by atoms with Gasteiger partial charge in [0.2, 0.25) is 11.8 Å². The minimum absolute atomic E-state index is 0.0581. The summed E-state index contributed by atoms with van der Waals surface area (Å²) >= 11 is 0. The molecule has 9 rings (SSSR count). The van der Waals surface area contributed by atoms with Crippen molar-refractivity contribution in [2.75, 3.05) is 31.1 Å². The number of benzene rings is 2. The standard InChI is InChI=1S/C47H62N6O4/c1-29-22-36(23-30(2)37(29)25-48)57-42-44(4,5)41(45(42,6)7)51-39(54)34-9-11-35(12-10-34)52-18-14-32(15-19-52)24-33-16-20-53(21-17-33)47-26-46(27-47,28-47)43(56)50-38-13-8-31(3)49-40(38)55/h9-12,22-23,32-33,38,41-42H,3,8,13-21,24,26-28H2,1-2,4-7H3,(H,49,55)(H,50,56)(H,51,54). The van der Waals surface area contributed by atoms with Gasteiger partial charge in [0, 0.05) is 52.4 Å². The average Bonchev–Trinajstić information content (AvgIpc) is 3.13. The molecule has 4 aliphatic carbocycles. The molecule has 57 heavy (non-hydrogen) atoms. The predicted octanol–water partition coefficient (Wildman–Crippen LogP) is 6.94. The second kappa shape index (κ2) is 14.5. The fourth-order valence-electron chi connectivity index (χ4n) is 12.2.